The summed E-state index contributed by atoms with van der Waals surface area (Å²) in [6.07, 6.45) is 0. The number of aromatic nitrogens is 2. The third-order valence-corrected chi connectivity index (χ3v) is 3.23. The van der Waals surface area contributed by atoms with Crippen LogP contribution in [0.3, 0.4) is 0 Å². The molecule has 0 fully saturated rings. The van der Waals surface area contributed by atoms with Crippen molar-refractivity contribution in [2.24, 2.45) is 0 Å². The maximum absolute atomic E-state index is 10.7. The molecule has 2 rings (SSSR count). The summed E-state index contributed by atoms with van der Waals surface area (Å²) < 4.78 is 15.0. The van der Waals surface area contributed by atoms with Crippen LogP contribution in [0.1, 0.15) is 26.6 Å². The van der Waals surface area contributed by atoms with Crippen LogP contribution in [0, 0.1) is 10.1 Å². The number of nitro groups is 1. The van der Waals surface area contributed by atoms with E-state index in [2.05, 4.69) is 9.36 Å². The molecule has 0 saturated heterocycles. The highest BCUT2D eigenvalue weighted by Crippen LogP contribution is 2.35. The van der Waals surface area contributed by atoms with E-state index in [1.54, 1.807) is 0 Å². The van der Waals surface area contributed by atoms with Gasteiger partial charge in [-0.05, 0) is 6.07 Å². The molecule has 1 heterocycles. The molecule has 0 amide bonds. The predicted molar refractivity (Wildman–Crippen MR) is 78.3 cm³/mol. The van der Waals surface area contributed by atoms with Gasteiger partial charge in [0.1, 0.15) is 0 Å². The van der Waals surface area contributed by atoms with Gasteiger partial charge in [0, 0.05) is 23.0 Å². The number of nitrogens with zero attached hydrogens (tertiary/aromatic N) is 3. The van der Waals surface area contributed by atoms with E-state index >= 15 is 0 Å². The Morgan fingerprint density at radius 2 is 2.00 bits per heavy atom. The van der Waals surface area contributed by atoms with Crippen molar-refractivity contribution in [1.82, 2.24) is 9.36 Å². The minimum Gasteiger partial charge on any atom is -0.493 e. The van der Waals surface area contributed by atoms with Gasteiger partial charge in [-0.15, -0.1) is 0 Å². The van der Waals surface area contributed by atoms with Gasteiger partial charge >= 0.3 is 0 Å². The molecule has 2 aromatic rings. The largest absolute Gasteiger partial charge is 0.493 e. The van der Waals surface area contributed by atoms with Gasteiger partial charge in [-0.1, -0.05) is 20.8 Å². The Kier molecular flexibility index (Phi) is 4.08. The summed E-state index contributed by atoms with van der Waals surface area (Å²) in [5.41, 5.74) is -0.232. The fraction of sp³-hybridized carbons (Fsp3) is 0.385. The van der Waals surface area contributed by atoms with Crippen LogP contribution in [0.25, 0.3) is 0 Å². The van der Waals surface area contributed by atoms with Gasteiger partial charge in [0.2, 0.25) is 0 Å². The highest BCUT2D eigenvalue weighted by atomic mass is 32.1. The fourth-order valence-electron chi connectivity index (χ4n) is 1.50. The first-order valence-corrected chi connectivity index (χ1v) is 6.93. The van der Waals surface area contributed by atoms with Gasteiger partial charge in [-0.2, -0.15) is 9.36 Å². The summed E-state index contributed by atoms with van der Waals surface area (Å²) >= 11 is 1.13. The zero-order valence-electron chi connectivity index (χ0n) is 12.1. The maximum atomic E-state index is 10.7. The van der Waals surface area contributed by atoms with Crippen molar-refractivity contribution in [3.05, 3.63) is 34.1 Å². The van der Waals surface area contributed by atoms with Gasteiger partial charge in [-0.3, -0.25) is 10.1 Å². The Morgan fingerprint density at radius 3 is 2.52 bits per heavy atom. The quantitative estimate of drug-likeness (QED) is 0.634. The molecule has 0 atom stereocenters. The number of benzene rings is 1. The standard InChI is InChI=1S/C13H15N3O4S/c1-13(2,3)11-14-12(21-15-11)20-9-6-5-8(16(17)18)7-10(9)19-4/h5-7H,1-4H3. The lowest BCUT2D eigenvalue weighted by molar-refractivity contribution is -0.384. The van der Waals surface area contributed by atoms with E-state index in [1.807, 2.05) is 20.8 Å². The normalized spacial score (nSPS) is 11.2. The molecule has 0 spiro atoms. The van der Waals surface area contributed by atoms with Crippen molar-refractivity contribution in [3.63, 3.8) is 0 Å². The first-order chi connectivity index (χ1) is 9.81. The van der Waals surface area contributed by atoms with Crippen LogP contribution in [0.15, 0.2) is 18.2 Å². The fourth-order valence-corrected chi connectivity index (χ4v) is 2.24. The van der Waals surface area contributed by atoms with E-state index in [4.69, 9.17) is 9.47 Å². The minimum atomic E-state index is -0.491. The van der Waals surface area contributed by atoms with E-state index in [9.17, 15) is 10.1 Å². The molecule has 0 bridgehead atoms. The maximum Gasteiger partial charge on any atom is 0.298 e. The van der Waals surface area contributed by atoms with E-state index in [1.165, 1.54) is 25.3 Å². The first kappa shape index (κ1) is 15.2. The topological polar surface area (TPSA) is 87.4 Å². The van der Waals surface area contributed by atoms with Crippen molar-refractivity contribution >= 4 is 17.2 Å². The van der Waals surface area contributed by atoms with Gasteiger partial charge < -0.3 is 9.47 Å². The molecule has 0 N–H and O–H groups in total. The molecule has 0 aliphatic carbocycles. The molecule has 21 heavy (non-hydrogen) atoms. The van der Waals surface area contributed by atoms with Crippen LogP contribution < -0.4 is 9.47 Å². The second-order valence-electron chi connectivity index (χ2n) is 5.33. The van der Waals surface area contributed by atoms with E-state index in [-0.39, 0.29) is 16.9 Å². The molecule has 8 heteroatoms. The minimum absolute atomic E-state index is 0.0631. The van der Waals surface area contributed by atoms with Crippen molar-refractivity contribution < 1.29 is 14.4 Å². The van der Waals surface area contributed by atoms with Gasteiger partial charge in [0.25, 0.3) is 10.9 Å². The number of ether oxygens (including phenoxy) is 2. The van der Waals surface area contributed by atoms with Crippen molar-refractivity contribution in [1.29, 1.82) is 0 Å². The molecule has 0 unspecified atom stereocenters. The Hall–Kier alpha value is -2.22. The summed E-state index contributed by atoms with van der Waals surface area (Å²) in [5.74, 6) is 1.32. The van der Waals surface area contributed by atoms with E-state index < -0.39 is 4.92 Å². The van der Waals surface area contributed by atoms with Crippen LogP contribution in [-0.2, 0) is 5.41 Å². The highest BCUT2D eigenvalue weighted by molar-refractivity contribution is 7.07. The molecule has 7 nitrogen and oxygen atoms in total. The SMILES string of the molecule is COc1cc([N+](=O)[O-])ccc1Oc1nc(C(C)(C)C)ns1. The van der Waals surface area contributed by atoms with Gasteiger partial charge in [-0.25, -0.2) is 0 Å². The van der Waals surface area contributed by atoms with Crippen LogP contribution in [-0.4, -0.2) is 21.4 Å². The number of hydrogen-bond acceptors (Lipinski definition) is 7. The smallest absolute Gasteiger partial charge is 0.298 e. The van der Waals surface area contributed by atoms with Crippen molar-refractivity contribution in [2.75, 3.05) is 7.11 Å². The number of hydrogen-bond donors (Lipinski definition) is 0. The lowest BCUT2D eigenvalue weighted by Gasteiger charge is -2.12. The van der Waals surface area contributed by atoms with Gasteiger partial charge in [0.05, 0.1) is 18.1 Å². The molecule has 0 aliphatic heterocycles. The molecule has 0 aliphatic rings. The first-order valence-electron chi connectivity index (χ1n) is 6.15. The average Bonchev–Trinajstić information content (AvgIpc) is 2.87. The molecular formula is C13H15N3O4S. The lowest BCUT2D eigenvalue weighted by Crippen LogP contribution is -2.12. The van der Waals surface area contributed by atoms with E-state index in [0.717, 1.165) is 11.5 Å². The molecule has 112 valence electrons. The molecule has 0 radical (unpaired) electrons. The van der Waals surface area contributed by atoms with Crippen LogP contribution in [0.4, 0.5) is 5.69 Å². The lowest BCUT2D eigenvalue weighted by atomic mass is 9.96. The number of non-ortho nitro benzene ring substituents is 1. The average molecular weight is 309 g/mol. The summed E-state index contributed by atoms with van der Waals surface area (Å²) in [6, 6.07) is 4.14. The van der Waals surface area contributed by atoms with E-state index in [0.29, 0.717) is 16.8 Å². The van der Waals surface area contributed by atoms with Crippen LogP contribution in [0.2, 0.25) is 0 Å². The molecule has 1 aromatic heterocycles. The Bertz CT molecular complexity index is 664. The van der Waals surface area contributed by atoms with Gasteiger partial charge in [0.15, 0.2) is 17.3 Å². The molecule has 1 aromatic carbocycles. The predicted octanol–water partition coefficient (Wildman–Crippen LogP) is 3.54. The summed E-state index contributed by atoms with van der Waals surface area (Å²) in [5, 5.41) is 11.1. The monoisotopic (exact) mass is 309 g/mol. The number of rotatable bonds is 4. The summed E-state index contributed by atoms with van der Waals surface area (Å²) in [4.78, 5) is 14.6. The third kappa shape index (κ3) is 3.46. The zero-order valence-corrected chi connectivity index (χ0v) is 12.9. The van der Waals surface area contributed by atoms with Crippen LogP contribution in [0.5, 0.6) is 16.7 Å². The van der Waals surface area contributed by atoms with Crippen LogP contribution >= 0.6 is 11.5 Å². The number of nitro benzene ring substituents is 1. The Balaban J connectivity index is 2.27. The van der Waals surface area contributed by atoms with Crippen molar-refractivity contribution in [2.45, 2.75) is 26.2 Å². The molecular weight excluding hydrogens is 294 g/mol. The second kappa shape index (κ2) is 5.65. The highest BCUT2D eigenvalue weighted by Gasteiger charge is 2.21. The summed E-state index contributed by atoms with van der Waals surface area (Å²) in [7, 11) is 1.42. The number of methoxy groups -OCH3 is 1. The zero-order chi connectivity index (χ0) is 15.6. The Morgan fingerprint density at radius 1 is 1.29 bits per heavy atom. The van der Waals surface area contributed by atoms with Crippen molar-refractivity contribution in [3.8, 4) is 16.7 Å². The third-order valence-electron chi connectivity index (χ3n) is 2.63. The Labute approximate surface area is 125 Å². The second-order valence-corrected chi connectivity index (χ2v) is 6.04. The molecule has 0 saturated carbocycles. The summed E-state index contributed by atoms with van der Waals surface area (Å²) in [6.45, 7) is 6.02.